The summed E-state index contributed by atoms with van der Waals surface area (Å²) >= 11 is 0. The van der Waals surface area contributed by atoms with E-state index in [1.54, 1.807) is 0 Å². The molecule has 4 unspecified atom stereocenters. The number of rotatable bonds is 2. The molecule has 2 aliphatic rings. The second-order valence-electron chi connectivity index (χ2n) is 6.64. The summed E-state index contributed by atoms with van der Waals surface area (Å²) in [5.74, 6) is 6.67. The van der Waals surface area contributed by atoms with Crippen LogP contribution in [-0.2, 0) is 0 Å². The molecular weight excluding hydrogens is 282 g/mol. The molecule has 2 bridgehead atoms. The number of fused-ring (bicyclic) bond motifs is 2. The number of hydrogen-bond donors (Lipinski definition) is 2. The van der Waals surface area contributed by atoms with Crippen LogP contribution >= 0.6 is 0 Å². The van der Waals surface area contributed by atoms with Crippen LogP contribution in [0, 0.1) is 11.8 Å². The van der Waals surface area contributed by atoms with Gasteiger partial charge in [-0.15, -0.1) is 0 Å². The number of nitrogens with zero attached hydrogens (tertiary/aromatic N) is 1. The van der Waals surface area contributed by atoms with Crippen molar-refractivity contribution in [1.82, 2.24) is 5.32 Å². The molecule has 4 atom stereocenters. The smallest absolute Gasteiger partial charge is 0.0475 e. The van der Waals surface area contributed by atoms with Gasteiger partial charge in [0.1, 0.15) is 0 Å². The number of hydrogen-bond acceptors (Lipinski definition) is 3. The van der Waals surface area contributed by atoms with Gasteiger partial charge in [0.25, 0.3) is 0 Å². The first-order chi connectivity index (χ1) is 11.4. The molecule has 0 spiro atoms. The largest absolute Gasteiger partial charge is 0.323 e. The van der Waals surface area contributed by atoms with Crippen molar-refractivity contribution in [3.8, 4) is 0 Å². The first kappa shape index (κ1) is 14.5. The van der Waals surface area contributed by atoms with Crippen molar-refractivity contribution in [2.75, 3.05) is 0 Å². The van der Waals surface area contributed by atoms with Gasteiger partial charge in [-0.25, -0.2) is 0 Å². The predicted molar refractivity (Wildman–Crippen MR) is 94.0 cm³/mol. The maximum absolute atomic E-state index is 5.83. The normalized spacial score (nSPS) is 30.0. The van der Waals surface area contributed by atoms with Gasteiger partial charge in [-0.3, -0.25) is 0 Å². The third kappa shape index (κ3) is 2.55. The fourth-order valence-corrected chi connectivity index (χ4v) is 4.40. The Hall–Kier alpha value is -2.13. The minimum atomic E-state index is 0.292. The number of hydrazone groups is 1. The van der Waals surface area contributed by atoms with E-state index in [2.05, 4.69) is 71.1 Å². The molecule has 2 aromatic rings. The van der Waals surface area contributed by atoms with Gasteiger partial charge in [0.05, 0.1) is 0 Å². The second kappa shape index (κ2) is 6.17. The molecule has 3 N–H and O–H groups in total. The maximum Gasteiger partial charge on any atom is 0.0475 e. The zero-order valence-electron chi connectivity index (χ0n) is 13.2. The monoisotopic (exact) mass is 305 g/mol. The van der Waals surface area contributed by atoms with E-state index in [9.17, 15) is 0 Å². The first-order valence-electron chi connectivity index (χ1n) is 8.52. The van der Waals surface area contributed by atoms with E-state index in [0.29, 0.717) is 23.9 Å². The summed E-state index contributed by atoms with van der Waals surface area (Å²) in [7, 11) is 0. The van der Waals surface area contributed by atoms with E-state index in [0.717, 1.165) is 0 Å². The highest BCUT2D eigenvalue weighted by atomic mass is 15.1. The maximum atomic E-state index is 5.83. The zero-order valence-corrected chi connectivity index (χ0v) is 13.2. The Morgan fingerprint density at radius 1 is 0.783 bits per heavy atom. The highest BCUT2D eigenvalue weighted by Crippen LogP contribution is 2.46. The lowest BCUT2D eigenvalue weighted by Crippen LogP contribution is -2.51. The summed E-state index contributed by atoms with van der Waals surface area (Å²) in [4.78, 5) is 0. The molecule has 1 aliphatic carbocycles. The van der Waals surface area contributed by atoms with Crippen LogP contribution in [0.15, 0.2) is 65.8 Å². The third-order valence-electron chi connectivity index (χ3n) is 5.42. The van der Waals surface area contributed by atoms with Gasteiger partial charge in [0.15, 0.2) is 0 Å². The molecule has 118 valence electrons. The summed E-state index contributed by atoms with van der Waals surface area (Å²) in [6.45, 7) is 0. The van der Waals surface area contributed by atoms with E-state index in [1.807, 2.05) is 0 Å². The lowest BCUT2D eigenvalue weighted by Gasteiger charge is -2.47. The SMILES string of the molecule is NN=C1C2CCCC1C(c1ccccc1)NC2c1ccccc1. The summed E-state index contributed by atoms with van der Waals surface area (Å²) in [6.07, 6.45) is 3.59. The molecule has 0 amide bonds. The van der Waals surface area contributed by atoms with Crippen LogP contribution in [0.25, 0.3) is 0 Å². The number of nitrogens with two attached hydrogens (primary N) is 1. The number of benzene rings is 2. The molecule has 1 saturated heterocycles. The summed E-state index contributed by atoms with van der Waals surface area (Å²) in [5.41, 5.74) is 3.87. The van der Waals surface area contributed by atoms with Crippen molar-refractivity contribution >= 4 is 5.71 Å². The standard InChI is InChI=1S/C20H23N3/c21-23-20-16-12-7-13-17(20)19(15-10-5-2-6-11-15)22-18(16)14-8-3-1-4-9-14/h1-6,8-11,16-19,22H,7,12-13,21H2. The topological polar surface area (TPSA) is 50.4 Å². The second-order valence-corrected chi connectivity index (χ2v) is 6.64. The van der Waals surface area contributed by atoms with Crippen LogP contribution in [0.3, 0.4) is 0 Å². The van der Waals surface area contributed by atoms with Crippen molar-refractivity contribution < 1.29 is 0 Å². The minimum absolute atomic E-state index is 0.292. The van der Waals surface area contributed by atoms with Gasteiger partial charge < -0.3 is 11.2 Å². The predicted octanol–water partition coefficient (Wildman–Crippen LogP) is 3.80. The molecule has 0 aromatic heterocycles. The molecule has 3 nitrogen and oxygen atoms in total. The molecule has 0 radical (unpaired) electrons. The van der Waals surface area contributed by atoms with Gasteiger partial charge in [-0.05, 0) is 24.0 Å². The molecule has 2 fully saturated rings. The molecule has 1 aliphatic heterocycles. The number of nitrogens with one attached hydrogen (secondary N) is 1. The molecule has 4 rings (SSSR count). The molecular formula is C20H23N3. The highest BCUT2D eigenvalue weighted by Gasteiger charge is 2.44. The average molecular weight is 305 g/mol. The van der Waals surface area contributed by atoms with E-state index in [1.165, 1.54) is 36.1 Å². The van der Waals surface area contributed by atoms with Crippen LogP contribution in [0.4, 0.5) is 0 Å². The first-order valence-corrected chi connectivity index (χ1v) is 8.52. The molecule has 1 saturated carbocycles. The fraction of sp³-hybridized carbons (Fsp3) is 0.350. The van der Waals surface area contributed by atoms with Crippen LogP contribution < -0.4 is 11.2 Å². The third-order valence-corrected chi connectivity index (χ3v) is 5.42. The van der Waals surface area contributed by atoms with Crippen molar-refractivity contribution in [1.29, 1.82) is 0 Å². The van der Waals surface area contributed by atoms with Crippen LogP contribution in [-0.4, -0.2) is 5.71 Å². The summed E-state index contributed by atoms with van der Waals surface area (Å²) in [5, 5.41) is 8.18. The Morgan fingerprint density at radius 3 is 1.70 bits per heavy atom. The Kier molecular flexibility index (Phi) is 3.88. The van der Waals surface area contributed by atoms with Gasteiger partial charge in [0, 0.05) is 29.6 Å². The summed E-state index contributed by atoms with van der Waals surface area (Å²) in [6, 6.07) is 22.0. The van der Waals surface area contributed by atoms with Crippen LogP contribution in [0.2, 0.25) is 0 Å². The van der Waals surface area contributed by atoms with E-state index >= 15 is 0 Å². The van der Waals surface area contributed by atoms with Gasteiger partial charge >= 0.3 is 0 Å². The van der Waals surface area contributed by atoms with E-state index in [4.69, 9.17) is 5.84 Å². The Balaban J connectivity index is 1.76. The van der Waals surface area contributed by atoms with E-state index < -0.39 is 0 Å². The van der Waals surface area contributed by atoms with E-state index in [-0.39, 0.29) is 0 Å². The van der Waals surface area contributed by atoms with Gasteiger partial charge in [-0.1, -0.05) is 67.1 Å². The van der Waals surface area contributed by atoms with Gasteiger partial charge in [-0.2, -0.15) is 5.10 Å². The number of piperidine rings is 1. The van der Waals surface area contributed by atoms with Crippen molar-refractivity contribution in [3.05, 3.63) is 71.8 Å². The van der Waals surface area contributed by atoms with Crippen LogP contribution in [0.5, 0.6) is 0 Å². The van der Waals surface area contributed by atoms with Crippen LogP contribution in [0.1, 0.15) is 42.5 Å². The molecule has 1 heterocycles. The Labute approximate surface area is 137 Å². The lowest BCUT2D eigenvalue weighted by molar-refractivity contribution is 0.233. The van der Waals surface area contributed by atoms with Gasteiger partial charge in [0.2, 0.25) is 0 Å². The minimum Gasteiger partial charge on any atom is -0.323 e. The quantitative estimate of drug-likeness (QED) is 0.655. The van der Waals surface area contributed by atoms with Crippen molar-refractivity contribution in [2.24, 2.45) is 22.8 Å². The fourth-order valence-electron chi connectivity index (χ4n) is 4.40. The lowest BCUT2D eigenvalue weighted by atomic mass is 9.67. The highest BCUT2D eigenvalue weighted by molar-refractivity contribution is 5.91. The Morgan fingerprint density at radius 2 is 1.26 bits per heavy atom. The zero-order chi connectivity index (χ0) is 15.6. The molecule has 2 aromatic carbocycles. The Bertz CT molecular complexity index is 625. The summed E-state index contributed by atoms with van der Waals surface area (Å²) < 4.78 is 0. The molecule has 23 heavy (non-hydrogen) atoms. The average Bonchev–Trinajstić information content (AvgIpc) is 2.63. The van der Waals surface area contributed by atoms with Crippen molar-refractivity contribution in [2.45, 2.75) is 31.3 Å². The van der Waals surface area contributed by atoms with Crippen molar-refractivity contribution in [3.63, 3.8) is 0 Å². The molecule has 3 heteroatoms.